The van der Waals surface area contributed by atoms with Crippen molar-refractivity contribution < 1.29 is 13.2 Å². The van der Waals surface area contributed by atoms with E-state index in [9.17, 15) is 13.2 Å². The molecule has 1 heterocycles. The van der Waals surface area contributed by atoms with Gasteiger partial charge in [0.25, 0.3) is 0 Å². The summed E-state index contributed by atoms with van der Waals surface area (Å²) in [5.74, 6) is -0.252. The van der Waals surface area contributed by atoms with Gasteiger partial charge in [0.05, 0.1) is 18.8 Å². The molecule has 1 atom stereocenters. The van der Waals surface area contributed by atoms with Crippen LogP contribution in [-0.4, -0.2) is 35.3 Å². The molecule has 150 valence electrons. The molecule has 3 rings (SSSR count). The Hall–Kier alpha value is -3.46. The van der Waals surface area contributed by atoms with Crippen LogP contribution in [-0.2, 0) is 21.4 Å². The molecule has 2 N–H and O–H groups in total. The molecular weight excluding hydrogens is 390 g/mol. The molecule has 3 aromatic rings. The number of nitrogens with one attached hydrogen (secondary N) is 2. The molecule has 0 saturated carbocycles. The molecule has 0 fully saturated rings. The van der Waals surface area contributed by atoms with E-state index in [4.69, 9.17) is 0 Å². The summed E-state index contributed by atoms with van der Waals surface area (Å²) in [5, 5.41) is 7.08. The Labute approximate surface area is 169 Å². The molecule has 0 aliphatic rings. The fraction of sp³-hybridized carbons (Fsp3) is 0.150. The third kappa shape index (κ3) is 6.58. The quantitative estimate of drug-likeness (QED) is 0.553. The van der Waals surface area contributed by atoms with Gasteiger partial charge in [0.2, 0.25) is 15.9 Å². The highest BCUT2D eigenvalue weighted by Gasteiger charge is 2.14. The second-order valence-electron chi connectivity index (χ2n) is 6.42. The monoisotopic (exact) mass is 411 g/mol. The Morgan fingerprint density at radius 2 is 1.86 bits per heavy atom. The van der Waals surface area contributed by atoms with Crippen molar-refractivity contribution in [1.82, 2.24) is 20.1 Å². The number of rotatable bonds is 8. The summed E-state index contributed by atoms with van der Waals surface area (Å²) in [6, 6.07) is 16.1. The number of benzene rings is 2. The second kappa shape index (κ2) is 9.16. The summed E-state index contributed by atoms with van der Waals surface area (Å²) in [6.07, 6.45) is 7.25. The molecule has 1 amide bonds. The zero-order valence-corrected chi connectivity index (χ0v) is 16.6. The Morgan fingerprint density at radius 1 is 1.14 bits per heavy atom. The number of aromatic nitrogens is 3. The average molecular weight is 411 g/mol. The van der Waals surface area contributed by atoms with Crippen LogP contribution in [0.2, 0.25) is 0 Å². The van der Waals surface area contributed by atoms with Crippen molar-refractivity contribution in [3.8, 4) is 0 Å². The lowest BCUT2D eigenvalue weighted by atomic mass is 10.1. The number of hydrogen-bond acceptors (Lipinski definition) is 5. The van der Waals surface area contributed by atoms with Gasteiger partial charge in [-0.25, -0.2) is 13.4 Å². The lowest BCUT2D eigenvalue weighted by Crippen LogP contribution is -2.30. The average Bonchev–Trinajstić information content (AvgIpc) is 3.20. The summed E-state index contributed by atoms with van der Waals surface area (Å²) in [5.41, 5.74) is 2.19. The highest BCUT2D eigenvalue weighted by molar-refractivity contribution is 7.92. The minimum absolute atomic E-state index is 0.252. The SMILES string of the molecule is CS(=O)(=O)Nc1ccc(/C=C/C(=O)NC(Cn2cncn2)c2ccccc2)cc1. The van der Waals surface area contributed by atoms with E-state index in [1.165, 1.54) is 12.4 Å². The van der Waals surface area contributed by atoms with Crippen molar-refractivity contribution >= 4 is 27.7 Å². The van der Waals surface area contributed by atoms with Gasteiger partial charge >= 0.3 is 0 Å². The zero-order chi connectivity index (χ0) is 20.7. The summed E-state index contributed by atoms with van der Waals surface area (Å²) >= 11 is 0. The van der Waals surface area contributed by atoms with Gasteiger partial charge in [-0.15, -0.1) is 0 Å². The number of hydrogen-bond donors (Lipinski definition) is 2. The first-order chi connectivity index (χ1) is 13.9. The highest BCUT2D eigenvalue weighted by Crippen LogP contribution is 2.15. The molecule has 0 bridgehead atoms. The molecule has 1 unspecified atom stereocenters. The van der Waals surface area contributed by atoms with Crippen molar-refractivity contribution in [2.24, 2.45) is 0 Å². The predicted octanol–water partition coefficient (Wildman–Crippen LogP) is 2.22. The minimum atomic E-state index is -3.32. The maximum Gasteiger partial charge on any atom is 0.244 e. The predicted molar refractivity (Wildman–Crippen MR) is 111 cm³/mol. The largest absolute Gasteiger partial charge is 0.344 e. The van der Waals surface area contributed by atoms with Gasteiger partial charge in [-0.1, -0.05) is 42.5 Å². The van der Waals surface area contributed by atoms with Crippen molar-refractivity contribution in [2.75, 3.05) is 11.0 Å². The first-order valence-electron chi connectivity index (χ1n) is 8.83. The summed E-state index contributed by atoms with van der Waals surface area (Å²) in [6.45, 7) is 0.454. The van der Waals surface area contributed by atoms with E-state index in [1.54, 1.807) is 41.4 Å². The maximum atomic E-state index is 12.4. The van der Waals surface area contributed by atoms with E-state index in [1.807, 2.05) is 30.3 Å². The molecule has 0 aliphatic carbocycles. The number of carbonyl (C=O) groups excluding carboxylic acids is 1. The lowest BCUT2D eigenvalue weighted by molar-refractivity contribution is -0.117. The maximum absolute atomic E-state index is 12.4. The number of amides is 1. The molecule has 0 saturated heterocycles. The van der Waals surface area contributed by atoms with Crippen LogP contribution in [0.15, 0.2) is 73.3 Å². The zero-order valence-electron chi connectivity index (χ0n) is 15.8. The smallest absolute Gasteiger partial charge is 0.244 e. The molecule has 8 nitrogen and oxygen atoms in total. The molecule has 29 heavy (non-hydrogen) atoms. The van der Waals surface area contributed by atoms with Gasteiger partial charge in [-0.3, -0.25) is 14.2 Å². The molecule has 0 aliphatic heterocycles. The van der Waals surface area contributed by atoms with E-state index in [2.05, 4.69) is 20.1 Å². The third-order valence-electron chi connectivity index (χ3n) is 4.00. The van der Waals surface area contributed by atoms with Crippen molar-refractivity contribution in [3.63, 3.8) is 0 Å². The van der Waals surface area contributed by atoms with Crippen molar-refractivity contribution in [1.29, 1.82) is 0 Å². The number of carbonyl (C=O) groups is 1. The number of sulfonamides is 1. The summed E-state index contributed by atoms with van der Waals surface area (Å²) in [4.78, 5) is 16.4. The van der Waals surface area contributed by atoms with Crippen LogP contribution < -0.4 is 10.0 Å². The Bertz CT molecular complexity index is 1060. The van der Waals surface area contributed by atoms with Crippen LogP contribution in [0.1, 0.15) is 17.2 Å². The van der Waals surface area contributed by atoms with Crippen molar-refractivity contribution in [3.05, 3.63) is 84.5 Å². The van der Waals surface area contributed by atoms with Crippen LogP contribution in [0.3, 0.4) is 0 Å². The van der Waals surface area contributed by atoms with Crippen molar-refractivity contribution in [2.45, 2.75) is 12.6 Å². The molecule has 0 spiro atoms. The van der Waals surface area contributed by atoms with Gasteiger partial charge in [0, 0.05) is 11.8 Å². The second-order valence-corrected chi connectivity index (χ2v) is 8.17. The van der Waals surface area contributed by atoms with Crippen LogP contribution >= 0.6 is 0 Å². The summed E-state index contributed by atoms with van der Waals surface area (Å²) in [7, 11) is -3.32. The lowest BCUT2D eigenvalue weighted by Gasteiger charge is -2.18. The van der Waals surface area contributed by atoms with Crippen LogP contribution in [0.4, 0.5) is 5.69 Å². The molecule has 2 aromatic carbocycles. The van der Waals surface area contributed by atoms with E-state index < -0.39 is 10.0 Å². The molecule has 1 aromatic heterocycles. The Balaban J connectivity index is 1.66. The van der Waals surface area contributed by atoms with E-state index >= 15 is 0 Å². The standard InChI is InChI=1S/C20H21N5O3S/c1-29(27,28)24-18-10-7-16(8-11-18)9-12-20(26)23-19(13-25-15-21-14-22-25)17-5-3-2-4-6-17/h2-12,14-15,19,24H,13H2,1H3,(H,23,26)/b12-9+. The fourth-order valence-electron chi connectivity index (χ4n) is 2.70. The fourth-order valence-corrected chi connectivity index (χ4v) is 3.27. The van der Waals surface area contributed by atoms with Gasteiger partial charge in [-0.2, -0.15) is 5.10 Å². The molecular formula is C20H21N5O3S. The Kier molecular flexibility index (Phi) is 6.40. The van der Waals surface area contributed by atoms with Crippen LogP contribution in [0, 0.1) is 0 Å². The third-order valence-corrected chi connectivity index (χ3v) is 4.60. The first kappa shape index (κ1) is 20.3. The Morgan fingerprint density at radius 3 is 2.48 bits per heavy atom. The minimum Gasteiger partial charge on any atom is -0.344 e. The van der Waals surface area contributed by atoms with E-state index in [0.29, 0.717) is 12.2 Å². The number of anilines is 1. The normalized spacial score (nSPS) is 12.6. The molecule has 0 radical (unpaired) electrons. The van der Waals surface area contributed by atoms with Gasteiger partial charge in [-0.05, 0) is 29.3 Å². The van der Waals surface area contributed by atoms with E-state index in [0.717, 1.165) is 17.4 Å². The van der Waals surface area contributed by atoms with Gasteiger partial charge < -0.3 is 5.32 Å². The summed E-state index contributed by atoms with van der Waals surface area (Å²) < 4.78 is 26.5. The highest BCUT2D eigenvalue weighted by atomic mass is 32.2. The van der Waals surface area contributed by atoms with Gasteiger partial charge in [0.15, 0.2) is 0 Å². The van der Waals surface area contributed by atoms with Crippen LogP contribution in [0.25, 0.3) is 6.08 Å². The van der Waals surface area contributed by atoms with Gasteiger partial charge in [0.1, 0.15) is 12.7 Å². The first-order valence-corrected chi connectivity index (χ1v) is 10.7. The molecule has 9 heteroatoms. The van der Waals surface area contributed by atoms with Crippen LogP contribution in [0.5, 0.6) is 0 Å². The van der Waals surface area contributed by atoms with E-state index in [-0.39, 0.29) is 11.9 Å². The topological polar surface area (TPSA) is 106 Å². The number of nitrogens with zero attached hydrogens (tertiary/aromatic N) is 3.